The van der Waals surface area contributed by atoms with E-state index < -0.39 is 0 Å². The lowest BCUT2D eigenvalue weighted by Crippen LogP contribution is -2.42. The number of carbonyl (C=O) groups excluding carboxylic acids is 1. The first-order valence-corrected chi connectivity index (χ1v) is 7.80. The molecule has 118 valence electrons. The third-order valence-electron chi connectivity index (χ3n) is 4.00. The first kappa shape index (κ1) is 14.7. The molecular weight excluding hydrogens is 280 g/mol. The van der Waals surface area contributed by atoms with Crippen molar-refractivity contribution in [2.75, 3.05) is 25.0 Å². The highest BCUT2D eigenvalue weighted by atomic mass is 16.6. The lowest BCUT2D eigenvalue weighted by molar-refractivity contribution is 0.0983. The first-order chi connectivity index (χ1) is 10.7. The van der Waals surface area contributed by atoms with E-state index in [1.165, 1.54) is 5.56 Å². The average Bonchev–Trinajstić information content (AvgIpc) is 2.89. The molecule has 0 radical (unpaired) electrons. The third-order valence-corrected chi connectivity index (χ3v) is 4.00. The number of aromatic amines is 1. The molecule has 1 aliphatic heterocycles. The van der Waals surface area contributed by atoms with Crippen LogP contribution in [0, 0.1) is 6.92 Å². The van der Waals surface area contributed by atoms with Gasteiger partial charge in [0.2, 0.25) is 5.95 Å². The van der Waals surface area contributed by atoms with Crippen LogP contribution in [-0.4, -0.2) is 46.7 Å². The summed E-state index contributed by atoms with van der Waals surface area (Å²) in [6, 6.07) is 6.50. The number of amides is 1. The summed E-state index contributed by atoms with van der Waals surface area (Å²) in [7, 11) is 0. The molecule has 1 aliphatic rings. The number of anilines is 1. The van der Waals surface area contributed by atoms with E-state index in [1.54, 1.807) is 4.90 Å². The highest BCUT2D eigenvalue weighted by Gasteiger charge is 2.23. The quantitative estimate of drug-likeness (QED) is 0.914. The Bertz CT molecular complexity index is 659. The Labute approximate surface area is 129 Å². The molecule has 0 spiro atoms. The highest BCUT2D eigenvalue weighted by Crippen LogP contribution is 2.19. The van der Waals surface area contributed by atoms with Crippen molar-refractivity contribution in [2.45, 2.75) is 32.7 Å². The number of piperidine rings is 1. The minimum atomic E-state index is -0.208. The van der Waals surface area contributed by atoms with E-state index >= 15 is 0 Å². The number of likely N-dealkylation sites (tertiary alicyclic amines) is 1. The number of rotatable bonds is 3. The lowest BCUT2D eigenvalue weighted by Gasteiger charge is -2.31. The maximum absolute atomic E-state index is 11.7. The van der Waals surface area contributed by atoms with Crippen LogP contribution >= 0.6 is 0 Å². The maximum atomic E-state index is 11.7. The summed E-state index contributed by atoms with van der Waals surface area (Å²) in [5, 5.41) is 3.44. The Morgan fingerprint density at radius 1 is 1.45 bits per heavy atom. The fourth-order valence-corrected chi connectivity index (χ4v) is 2.81. The molecule has 2 aromatic rings. The molecular formula is C16H22N4O2. The van der Waals surface area contributed by atoms with Crippen LogP contribution in [0.2, 0.25) is 0 Å². The second kappa shape index (κ2) is 6.25. The van der Waals surface area contributed by atoms with Crippen molar-refractivity contribution in [1.82, 2.24) is 14.9 Å². The SMILES string of the molecule is CCOC(=O)N1CCC(Nc2nc3ccc(C)cc3[nH]2)CC1. The van der Waals surface area contributed by atoms with E-state index in [-0.39, 0.29) is 6.09 Å². The molecule has 3 rings (SSSR count). The second-order valence-corrected chi connectivity index (χ2v) is 5.71. The van der Waals surface area contributed by atoms with Crippen LogP contribution < -0.4 is 5.32 Å². The third kappa shape index (κ3) is 3.16. The van der Waals surface area contributed by atoms with Gasteiger partial charge in [-0.1, -0.05) is 6.07 Å². The number of ether oxygens (including phenoxy) is 1. The molecule has 0 atom stereocenters. The molecule has 6 nitrogen and oxygen atoms in total. The predicted molar refractivity (Wildman–Crippen MR) is 86.1 cm³/mol. The van der Waals surface area contributed by atoms with Gasteiger partial charge in [-0.25, -0.2) is 9.78 Å². The molecule has 0 aliphatic carbocycles. The number of H-pyrrole nitrogens is 1. The molecule has 0 bridgehead atoms. The minimum absolute atomic E-state index is 0.208. The molecule has 22 heavy (non-hydrogen) atoms. The highest BCUT2D eigenvalue weighted by molar-refractivity contribution is 5.78. The zero-order valence-electron chi connectivity index (χ0n) is 13.1. The fraction of sp³-hybridized carbons (Fsp3) is 0.500. The van der Waals surface area contributed by atoms with Gasteiger partial charge >= 0.3 is 6.09 Å². The van der Waals surface area contributed by atoms with Crippen LogP contribution in [0.5, 0.6) is 0 Å². The molecule has 2 N–H and O–H groups in total. The van der Waals surface area contributed by atoms with Gasteiger partial charge in [-0.05, 0) is 44.4 Å². The van der Waals surface area contributed by atoms with Crippen molar-refractivity contribution in [3.8, 4) is 0 Å². The van der Waals surface area contributed by atoms with Crippen LogP contribution in [0.25, 0.3) is 11.0 Å². The summed E-state index contributed by atoms with van der Waals surface area (Å²) in [6.07, 6.45) is 1.59. The number of aromatic nitrogens is 2. The Hall–Kier alpha value is -2.24. The van der Waals surface area contributed by atoms with Gasteiger partial charge in [-0.3, -0.25) is 0 Å². The predicted octanol–water partition coefficient (Wildman–Crippen LogP) is 2.90. The first-order valence-electron chi connectivity index (χ1n) is 7.80. The van der Waals surface area contributed by atoms with E-state index in [0.29, 0.717) is 12.6 Å². The van der Waals surface area contributed by atoms with Crippen LogP contribution in [0.3, 0.4) is 0 Å². The van der Waals surface area contributed by atoms with Gasteiger partial charge < -0.3 is 19.9 Å². The van der Waals surface area contributed by atoms with Gasteiger partial charge in [0.05, 0.1) is 17.6 Å². The standard InChI is InChI=1S/C16H22N4O2/c1-3-22-16(21)20-8-6-12(7-9-20)17-15-18-13-5-4-11(2)10-14(13)19-15/h4-5,10,12H,3,6-9H2,1-2H3,(H2,17,18,19). The molecule has 0 saturated carbocycles. The van der Waals surface area contributed by atoms with Crippen molar-refractivity contribution in [3.63, 3.8) is 0 Å². The van der Waals surface area contributed by atoms with Crippen molar-refractivity contribution >= 4 is 23.1 Å². The molecule has 1 fully saturated rings. The number of carbonyl (C=O) groups is 1. The number of fused-ring (bicyclic) bond motifs is 1. The molecule has 1 saturated heterocycles. The average molecular weight is 302 g/mol. The summed E-state index contributed by atoms with van der Waals surface area (Å²) in [5.74, 6) is 0.801. The lowest BCUT2D eigenvalue weighted by atomic mass is 10.1. The molecule has 0 unspecified atom stereocenters. The fourth-order valence-electron chi connectivity index (χ4n) is 2.81. The van der Waals surface area contributed by atoms with E-state index in [0.717, 1.165) is 42.9 Å². The smallest absolute Gasteiger partial charge is 0.409 e. The van der Waals surface area contributed by atoms with Gasteiger partial charge in [0.25, 0.3) is 0 Å². The van der Waals surface area contributed by atoms with E-state index in [1.807, 2.05) is 13.0 Å². The van der Waals surface area contributed by atoms with Gasteiger partial charge in [0.1, 0.15) is 0 Å². The van der Waals surface area contributed by atoms with Gasteiger partial charge in [-0.2, -0.15) is 0 Å². The van der Waals surface area contributed by atoms with Crippen molar-refractivity contribution in [1.29, 1.82) is 0 Å². The number of hydrogen-bond acceptors (Lipinski definition) is 4. The van der Waals surface area contributed by atoms with Crippen molar-refractivity contribution in [3.05, 3.63) is 23.8 Å². The largest absolute Gasteiger partial charge is 0.450 e. The van der Waals surface area contributed by atoms with Crippen LogP contribution in [0.4, 0.5) is 10.7 Å². The minimum Gasteiger partial charge on any atom is -0.450 e. The number of benzene rings is 1. The molecule has 6 heteroatoms. The summed E-state index contributed by atoms with van der Waals surface area (Å²) >= 11 is 0. The Balaban J connectivity index is 1.58. The molecule has 1 aromatic carbocycles. The Morgan fingerprint density at radius 3 is 2.95 bits per heavy atom. The topological polar surface area (TPSA) is 70.2 Å². The molecule has 1 amide bonds. The number of aryl methyl sites for hydroxylation is 1. The molecule has 1 aromatic heterocycles. The molecule has 2 heterocycles. The maximum Gasteiger partial charge on any atom is 0.409 e. The van der Waals surface area contributed by atoms with E-state index in [4.69, 9.17) is 4.74 Å². The van der Waals surface area contributed by atoms with E-state index in [9.17, 15) is 4.79 Å². The number of imidazole rings is 1. The zero-order valence-corrected chi connectivity index (χ0v) is 13.1. The van der Waals surface area contributed by atoms with Crippen LogP contribution in [0.1, 0.15) is 25.3 Å². The number of nitrogens with zero attached hydrogens (tertiary/aromatic N) is 2. The van der Waals surface area contributed by atoms with Gasteiger partial charge in [-0.15, -0.1) is 0 Å². The zero-order chi connectivity index (χ0) is 15.5. The Kier molecular flexibility index (Phi) is 4.18. The monoisotopic (exact) mass is 302 g/mol. The summed E-state index contributed by atoms with van der Waals surface area (Å²) in [5.41, 5.74) is 3.23. The summed E-state index contributed by atoms with van der Waals surface area (Å²) in [6.45, 7) is 5.76. The van der Waals surface area contributed by atoms with E-state index in [2.05, 4.69) is 34.3 Å². The van der Waals surface area contributed by atoms with Crippen LogP contribution in [-0.2, 0) is 4.74 Å². The van der Waals surface area contributed by atoms with Crippen molar-refractivity contribution in [2.24, 2.45) is 0 Å². The van der Waals surface area contributed by atoms with Gasteiger partial charge in [0, 0.05) is 19.1 Å². The summed E-state index contributed by atoms with van der Waals surface area (Å²) < 4.78 is 5.03. The van der Waals surface area contributed by atoms with Gasteiger partial charge in [0.15, 0.2) is 0 Å². The number of nitrogens with one attached hydrogen (secondary N) is 2. The second-order valence-electron chi connectivity index (χ2n) is 5.71. The van der Waals surface area contributed by atoms with Crippen LogP contribution in [0.15, 0.2) is 18.2 Å². The van der Waals surface area contributed by atoms with Crippen molar-refractivity contribution < 1.29 is 9.53 Å². The Morgan fingerprint density at radius 2 is 2.23 bits per heavy atom. The summed E-state index contributed by atoms with van der Waals surface area (Å²) in [4.78, 5) is 21.3. The number of hydrogen-bond donors (Lipinski definition) is 2. The normalized spacial score (nSPS) is 16.0.